The van der Waals surface area contributed by atoms with Crippen LogP contribution in [0.3, 0.4) is 0 Å². The lowest BCUT2D eigenvalue weighted by molar-refractivity contribution is -0.193. The number of carbonyl (C=O) groups is 3. The van der Waals surface area contributed by atoms with Gasteiger partial charge in [-0.2, -0.15) is 19.2 Å². The first-order valence-corrected chi connectivity index (χ1v) is 48.9. The Morgan fingerprint density at radius 2 is 0.858 bits per heavy atom. The van der Waals surface area contributed by atoms with Gasteiger partial charge in [0.1, 0.15) is 50.1 Å². The third-order valence-corrected chi connectivity index (χ3v) is 23.5. The molecule has 30 nitrogen and oxygen atoms in total. The molecule has 17 rings (SSSR count). The fourth-order valence-corrected chi connectivity index (χ4v) is 14.9. The third kappa shape index (κ3) is 36.6. The van der Waals surface area contributed by atoms with Crippen LogP contribution in [0.25, 0.3) is 0 Å². The Kier molecular flexibility index (Phi) is 50.9. The number of aliphatic hydroxyl groups is 3. The highest BCUT2D eigenvalue weighted by atomic mass is 79.9. The molecule has 0 bridgehead atoms. The number of imidazole rings is 5. The van der Waals surface area contributed by atoms with Gasteiger partial charge in [-0.25, -0.2) is 49.7 Å². The number of aromatic carboxylic acids is 1. The summed E-state index contributed by atoms with van der Waals surface area (Å²) in [5.74, 6) is 2.47. The highest BCUT2D eigenvalue weighted by Crippen LogP contribution is 2.36. The van der Waals surface area contributed by atoms with E-state index in [0.29, 0.717) is 90.6 Å². The molecule has 5 aliphatic rings. The SMILES string of the molecule is CO.CPC.Cc1c(Br)cccc1C(=O)O.Cc1c(Br)cccc1C1=NC(C)(C)CO1.Cc1c(C(=O)c2cnc[nH]2)cccc1C1=NC(C)(C)CO1.Cc1c(C2=NC(C)(C)CO2)cccc1C(C)(O)c1cnc[nH]1.Cc1c(C2=NC(C)(C)CO2)cccc1C(O)c1cnc[nH]1.Cc1cccc(C(C)c2cnc[nH]2)c1C.Cc1ccccc1C(C)c1cnc[nH]1.Cl.ClCCl.O=C=O.O=C=O.O=CC1=CN=CC1. The number of aryl methyl sites for hydroxylation is 2. The van der Waals surface area contributed by atoms with Crippen molar-refractivity contribution in [2.75, 3.05) is 52.2 Å². The van der Waals surface area contributed by atoms with Crippen molar-refractivity contribution in [2.45, 2.75) is 184 Å². The summed E-state index contributed by atoms with van der Waals surface area (Å²) in [4.78, 5) is 123. The fraction of sp³-hybridized carbons (Fsp3) is 0.343. The topological polar surface area (TPSA) is 443 Å². The summed E-state index contributed by atoms with van der Waals surface area (Å²) >= 11 is 16.3. The number of allylic oxidation sites excluding steroid dienone is 1. The molecule has 0 radical (unpaired) electrons. The Hall–Kier alpha value is -12.4. The second-order valence-corrected chi connectivity index (χ2v) is 38.2. The molecule has 752 valence electrons. The van der Waals surface area contributed by atoms with Crippen LogP contribution >= 0.6 is 76.0 Å². The van der Waals surface area contributed by atoms with Crippen LogP contribution in [-0.2, 0) is 48.5 Å². The molecule has 0 amide bonds. The molecule has 4 atom stereocenters. The molecule has 141 heavy (non-hydrogen) atoms. The van der Waals surface area contributed by atoms with Crippen molar-refractivity contribution in [1.82, 2.24) is 49.8 Å². The van der Waals surface area contributed by atoms with Crippen LogP contribution in [0.5, 0.6) is 0 Å². The number of hydrogen-bond acceptors (Lipinski definition) is 24. The van der Waals surface area contributed by atoms with Crippen molar-refractivity contribution >= 4 is 136 Å². The number of nitrogens with zero attached hydrogens (tertiary/aromatic N) is 10. The minimum absolute atomic E-state index is 0. The molecule has 0 fully saturated rings. The second-order valence-electron chi connectivity index (χ2n) is 34.6. The number of H-pyrrole nitrogens is 5. The van der Waals surface area contributed by atoms with Crippen LogP contribution in [0.15, 0.2) is 242 Å². The number of aromatic nitrogens is 10. The van der Waals surface area contributed by atoms with E-state index in [9.17, 15) is 24.6 Å². The Morgan fingerprint density at radius 3 is 1.26 bits per heavy atom. The number of aldehydes is 1. The maximum atomic E-state index is 12.5. The van der Waals surface area contributed by atoms with Gasteiger partial charge in [-0.05, 0) is 240 Å². The molecule has 10 heterocycles. The predicted octanol–water partition coefficient (Wildman–Crippen LogP) is 21.0. The Balaban J connectivity index is 0.000000334. The smallest absolute Gasteiger partial charge is 0.373 e. The van der Waals surface area contributed by atoms with Crippen molar-refractivity contribution in [3.63, 3.8) is 0 Å². The molecule has 0 aliphatic carbocycles. The summed E-state index contributed by atoms with van der Waals surface area (Å²) < 4.78 is 24.7. The number of halogens is 5. The van der Waals surface area contributed by atoms with Gasteiger partial charge in [0.05, 0.1) is 94.7 Å². The number of carboxylic acids is 1. The largest absolute Gasteiger partial charge is 0.478 e. The maximum Gasteiger partial charge on any atom is 0.373 e. The number of hydrogen-bond donors (Lipinski definition) is 9. The monoisotopic (exact) mass is 2130 g/mol. The highest BCUT2D eigenvalue weighted by molar-refractivity contribution is 9.10. The van der Waals surface area contributed by atoms with Gasteiger partial charge in [0, 0.05) is 104 Å². The van der Waals surface area contributed by atoms with E-state index in [1.807, 2.05) is 154 Å². The number of aromatic amines is 5. The molecule has 0 saturated carbocycles. The molecule has 7 aromatic carbocycles. The van der Waals surface area contributed by atoms with Crippen molar-refractivity contribution < 1.29 is 72.9 Å². The first-order chi connectivity index (χ1) is 66.5. The van der Waals surface area contributed by atoms with E-state index in [0.717, 1.165) is 98.0 Å². The number of carboxylic acid groups (broad SMARTS) is 1. The lowest BCUT2D eigenvalue weighted by Crippen LogP contribution is -2.25. The molecule has 0 saturated heterocycles. The normalized spacial score (nSPS) is 14.8. The van der Waals surface area contributed by atoms with Crippen molar-refractivity contribution in [3.8, 4) is 0 Å². The number of alkyl halides is 2. The second kappa shape index (κ2) is 59.4. The zero-order chi connectivity index (χ0) is 104. The molecule has 4 unspecified atom stereocenters. The van der Waals surface area contributed by atoms with E-state index in [-0.39, 0.29) is 58.0 Å². The number of aliphatic hydroxyl groups excluding tert-OH is 2. The standard InChI is InChI=1S/C17H21N3O2.C16H19N3O2.C16H17N3O2.C13H16N2.C12H14BrNO.C12H14N2.C8H7BrO2.C5H5NO.C2H7P.CH2Cl2.2CO2.CH4O.ClH/c1-11-12(15-20-16(2,3)9-22-15)6-5-7-13(11)17(4,21)14-8-18-10-19-14;2*1-10-11(14(20)13-7-17-9-18-13)5-4-6-12(10)15-19-16(2,3)8-21-15;1-9-5-4-6-12(10(9)2)11(3)13-7-14-8-15-13;1-8-9(5-4-6-10(8)13)11-14-12(2,3)7-15-11;1-9-5-3-4-6-11(9)10(2)12-7-13-8-14-12;1-5-6(8(10)11)3-2-4-7(5)9;7-4-5-1-2-6-3-5;1-3-2;3*2-1-3;1-2;/h5-8,10,21H,9H2,1-4H3,(H,18,19);4-7,9,14,20H,8H2,1-3H3,(H,17,18);4-7,9H,8H2,1-3H3,(H,17,18);4-8,11H,1-3H3,(H,14,15);4-6H,7H2,1-3H3;3-8,10H,1-2H3,(H,13,14);2-4H,1H3,(H,10,11);2-4H,1H2;3H,1-2H3;1H2;;;2H,1H3;1H. The number of ketones is 1. The van der Waals surface area contributed by atoms with E-state index in [2.05, 4.69) is 218 Å². The number of ether oxygens (including phenoxy) is 4. The molecule has 0 spiro atoms. The van der Waals surface area contributed by atoms with Gasteiger partial charge in [-0.15, -0.1) is 44.2 Å². The summed E-state index contributed by atoms with van der Waals surface area (Å²) in [5.41, 5.74) is 21.0. The third-order valence-electron chi connectivity index (χ3n) is 21.8. The number of benzene rings is 7. The van der Waals surface area contributed by atoms with E-state index in [1.165, 1.54) is 57.3 Å². The predicted molar refractivity (Wildman–Crippen MR) is 565 cm³/mol. The summed E-state index contributed by atoms with van der Waals surface area (Å²) in [7, 11) is 2.08. The molecular weight excluding hydrogens is 2010 g/mol. The first kappa shape index (κ1) is 121. The number of nitrogens with one attached hydrogen (secondary N) is 5. The Morgan fingerprint density at radius 1 is 0.489 bits per heavy atom. The van der Waals surface area contributed by atoms with Gasteiger partial charge < -0.3 is 64.3 Å². The summed E-state index contributed by atoms with van der Waals surface area (Å²) in [6, 6.07) is 43.3. The van der Waals surface area contributed by atoms with Gasteiger partial charge in [-0.3, -0.25) is 14.6 Å². The molecule has 5 aromatic heterocycles. The van der Waals surface area contributed by atoms with Gasteiger partial charge in [0.25, 0.3) is 0 Å². The quantitative estimate of drug-likeness (QED) is 0.0188. The van der Waals surface area contributed by atoms with Crippen molar-refractivity contribution in [2.24, 2.45) is 25.0 Å². The minimum atomic E-state index is -1.15. The Labute approximate surface area is 859 Å². The molecule has 36 heteroatoms. The van der Waals surface area contributed by atoms with Crippen LogP contribution in [0.2, 0.25) is 0 Å². The maximum absolute atomic E-state index is 12.5. The zero-order valence-corrected chi connectivity index (χ0v) is 89.9. The fourth-order valence-electron chi connectivity index (χ4n) is 14.1. The lowest BCUT2D eigenvalue weighted by Gasteiger charge is -2.25. The number of carbonyl (C=O) groups excluding carboxylic acids is 6. The van der Waals surface area contributed by atoms with Gasteiger partial charge in [0.2, 0.25) is 29.4 Å². The molecular formula is C105H127Br2Cl3N15O15P. The van der Waals surface area contributed by atoms with E-state index < -0.39 is 17.7 Å². The van der Waals surface area contributed by atoms with Gasteiger partial charge in [-0.1, -0.05) is 137 Å². The van der Waals surface area contributed by atoms with Crippen LogP contribution in [-0.4, -0.2) is 205 Å². The van der Waals surface area contributed by atoms with Crippen LogP contribution < -0.4 is 0 Å². The molecule has 5 aliphatic heterocycles. The van der Waals surface area contributed by atoms with Crippen LogP contribution in [0.1, 0.15) is 239 Å². The molecule has 9 N–H and O–H groups in total. The van der Waals surface area contributed by atoms with E-state index in [1.54, 1.807) is 76.1 Å². The molecule has 12 aromatic rings. The first-order valence-electron chi connectivity index (χ1n) is 44.2. The summed E-state index contributed by atoms with van der Waals surface area (Å²) in [6.07, 6.45) is 21.3. The zero-order valence-electron chi connectivity index (χ0n) is 83.4. The van der Waals surface area contributed by atoms with Gasteiger partial charge >= 0.3 is 18.3 Å². The van der Waals surface area contributed by atoms with Crippen LogP contribution in [0.4, 0.5) is 0 Å². The van der Waals surface area contributed by atoms with E-state index in [4.69, 9.17) is 71.5 Å². The van der Waals surface area contributed by atoms with E-state index >= 15 is 0 Å². The van der Waals surface area contributed by atoms with Crippen molar-refractivity contribution in [1.29, 1.82) is 0 Å². The lowest BCUT2D eigenvalue weighted by atomic mass is 9.87. The van der Waals surface area contributed by atoms with Crippen LogP contribution in [0, 0.1) is 55.4 Å². The summed E-state index contributed by atoms with van der Waals surface area (Å²) in [5, 5.41) is 37.3. The summed E-state index contributed by atoms with van der Waals surface area (Å²) in [6.45, 7) is 45.4. The van der Waals surface area contributed by atoms with Crippen molar-refractivity contribution in [3.05, 3.63) is 345 Å². The minimum Gasteiger partial charge on any atom is -0.478 e. The Bertz CT molecular complexity index is 6200. The highest BCUT2D eigenvalue weighted by Gasteiger charge is 2.35. The average molecular weight is 2140 g/mol. The van der Waals surface area contributed by atoms with Gasteiger partial charge in [0.15, 0.2) is 0 Å². The number of rotatable bonds is 16. The average Bonchev–Trinajstić information content (AvgIpc) is 1.70. The number of aliphatic imine (C=N–C) groups is 5.